The van der Waals surface area contributed by atoms with Crippen LogP contribution in [-0.2, 0) is 6.54 Å². The van der Waals surface area contributed by atoms with E-state index in [4.69, 9.17) is 9.47 Å². The highest BCUT2D eigenvalue weighted by Crippen LogP contribution is 2.27. The average molecular weight is 279 g/mol. The lowest BCUT2D eigenvalue weighted by atomic mass is 10.1. The van der Waals surface area contributed by atoms with Crippen molar-refractivity contribution in [3.8, 4) is 11.5 Å². The van der Waals surface area contributed by atoms with Crippen LogP contribution in [0.5, 0.6) is 11.5 Å². The largest absolute Gasteiger partial charge is 0.493 e. The minimum atomic E-state index is 0.655. The van der Waals surface area contributed by atoms with Crippen molar-refractivity contribution in [2.75, 3.05) is 20.3 Å². The highest BCUT2D eigenvalue weighted by atomic mass is 16.5. The van der Waals surface area contributed by atoms with Crippen molar-refractivity contribution in [3.63, 3.8) is 0 Å². The van der Waals surface area contributed by atoms with E-state index in [9.17, 15) is 0 Å². The molecule has 0 spiro atoms. The molecular formula is C17H29NO2. The molecule has 0 aliphatic carbocycles. The van der Waals surface area contributed by atoms with Crippen LogP contribution in [0.1, 0.15) is 45.6 Å². The van der Waals surface area contributed by atoms with Crippen LogP contribution in [0.15, 0.2) is 18.2 Å². The first kappa shape index (κ1) is 16.8. The van der Waals surface area contributed by atoms with Crippen molar-refractivity contribution in [1.29, 1.82) is 0 Å². The molecule has 0 bridgehead atoms. The Balaban J connectivity index is 2.34. The molecule has 1 aromatic rings. The molecule has 1 rings (SSSR count). The quantitative estimate of drug-likeness (QED) is 0.656. The van der Waals surface area contributed by atoms with E-state index < -0.39 is 0 Å². The molecule has 0 saturated carbocycles. The third kappa shape index (κ3) is 6.29. The Labute approximate surface area is 123 Å². The Morgan fingerprint density at radius 1 is 1.15 bits per heavy atom. The number of benzene rings is 1. The second kappa shape index (κ2) is 9.65. The fourth-order valence-electron chi connectivity index (χ4n) is 2.13. The van der Waals surface area contributed by atoms with Gasteiger partial charge in [-0.2, -0.15) is 0 Å². The second-order valence-electron chi connectivity index (χ2n) is 5.48. The lowest BCUT2D eigenvalue weighted by Gasteiger charge is -2.11. The number of ether oxygens (including phenoxy) is 2. The number of unbranched alkanes of at least 4 members (excludes halogenated alkanes) is 1. The molecule has 0 saturated heterocycles. The maximum Gasteiger partial charge on any atom is 0.161 e. The van der Waals surface area contributed by atoms with Gasteiger partial charge >= 0.3 is 0 Å². The molecule has 0 aromatic heterocycles. The summed E-state index contributed by atoms with van der Waals surface area (Å²) in [5.41, 5.74) is 1.23. The van der Waals surface area contributed by atoms with E-state index >= 15 is 0 Å². The van der Waals surface area contributed by atoms with Gasteiger partial charge in [0.2, 0.25) is 0 Å². The van der Waals surface area contributed by atoms with Crippen molar-refractivity contribution in [2.24, 2.45) is 5.92 Å². The van der Waals surface area contributed by atoms with Crippen LogP contribution in [0.4, 0.5) is 0 Å². The zero-order valence-corrected chi connectivity index (χ0v) is 13.4. The Hall–Kier alpha value is -1.22. The monoisotopic (exact) mass is 279 g/mol. The highest BCUT2D eigenvalue weighted by molar-refractivity contribution is 5.42. The van der Waals surface area contributed by atoms with Crippen molar-refractivity contribution in [3.05, 3.63) is 23.8 Å². The summed E-state index contributed by atoms with van der Waals surface area (Å²) in [6.07, 6.45) is 3.86. The third-order valence-electron chi connectivity index (χ3n) is 3.24. The average Bonchev–Trinajstić information content (AvgIpc) is 2.43. The van der Waals surface area contributed by atoms with E-state index in [-0.39, 0.29) is 0 Å². The fraction of sp³-hybridized carbons (Fsp3) is 0.647. The van der Waals surface area contributed by atoms with Crippen LogP contribution >= 0.6 is 0 Å². The van der Waals surface area contributed by atoms with Crippen molar-refractivity contribution < 1.29 is 9.47 Å². The third-order valence-corrected chi connectivity index (χ3v) is 3.24. The van der Waals surface area contributed by atoms with Crippen LogP contribution < -0.4 is 14.8 Å². The van der Waals surface area contributed by atoms with E-state index in [2.05, 4.69) is 31.3 Å². The standard InChI is InChI=1S/C17H29NO2/c1-5-20-17-12-15(9-10-16(17)19-4)13-18-11-7-6-8-14(2)3/h9-10,12,14,18H,5-8,11,13H2,1-4H3. The second-order valence-corrected chi connectivity index (χ2v) is 5.48. The van der Waals surface area contributed by atoms with Crippen molar-refractivity contribution in [2.45, 2.75) is 46.6 Å². The number of methoxy groups -OCH3 is 1. The van der Waals surface area contributed by atoms with Crippen LogP contribution in [0, 0.1) is 5.92 Å². The predicted octanol–water partition coefficient (Wildman–Crippen LogP) is 4.01. The molecule has 0 fully saturated rings. The van der Waals surface area contributed by atoms with Gasteiger partial charge in [0.25, 0.3) is 0 Å². The molecular weight excluding hydrogens is 250 g/mol. The summed E-state index contributed by atoms with van der Waals surface area (Å²) in [5, 5.41) is 3.49. The molecule has 0 unspecified atom stereocenters. The zero-order chi connectivity index (χ0) is 14.8. The van der Waals surface area contributed by atoms with Crippen molar-refractivity contribution in [1.82, 2.24) is 5.32 Å². The summed E-state index contributed by atoms with van der Waals surface area (Å²) in [5.74, 6) is 2.44. The van der Waals surface area contributed by atoms with Crippen LogP contribution in [-0.4, -0.2) is 20.3 Å². The maximum absolute atomic E-state index is 5.59. The fourth-order valence-corrected chi connectivity index (χ4v) is 2.13. The molecule has 0 radical (unpaired) electrons. The van der Waals surface area contributed by atoms with Gasteiger partial charge in [-0.3, -0.25) is 0 Å². The number of rotatable bonds is 10. The van der Waals surface area contributed by atoms with Crippen LogP contribution in [0.3, 0.4) is 0 Å². The van der Waals surface area contributed by atoms with E-state index in [1.807, 2.05) is 13.0 Å². The van der Waals surface area contributed by atoms with Gasteiger partial charge in [-0.1, -0.05) is 32.8 Å². The van der Waals surface area contributed by atoms with Gasteiger partial charge in [0.15, 0.2) is 11.5 Å². The number of nitrogens with one attached hydrogen (secondary N) is 1. The Morgan fingerprint density at radius 3 is 2.60 bits per heavy atom. The minimum absolute atomic E-state index is 0.655. The molecule has 0 heterocycles. The molecule has 3 heteroatoms. The lowest BCUT2D eigenvalue weighted by molar-refractivity contribution is 0.310. The number of hydrogen-bond donors (Lipinski definition) is 1. The van der Waals surface area contributed by atoms with Gasteiger partial charge in [0, 0.05) is 6.54 Å². The molecule has 0 atom stereocenters. The first-order chi connectivity index (χ1) is 9.67. The summed E-state index contributed by atoms with van der Waals surface area (Å²) in [7, 11) is 1.67. The highest BCUT2D eigenvalue weighted by Gasteiger charge is 2.05. The van der Waals surface area contributed by atoms with Crippen LogP contribution in [0.25, 0.3) is 0 Å². The normalized spacial score (nSPS) is 10.8. The Morgan fingerprint density at radius 2 is 1.95 bits per heavy atom. The minimum Gasteiger partial charge on any atom is -0.493 e. The summed E-state index contributed by atoms with van der Waals surface area (Å²) in [4.78, 5) is 0. The molecule has 0 amide bonds. The summed E-state index contributed by atoms with van der Waals surface area (Å²) < 4.78 is 10.9. The molecule has 3 nitrogen and oxygen atoms in total. The van der Waals surface area contributed by atoms with E-state index in [1.165, 1.54) is 24.8 Å². The summed E-state index contributed by atoms with van der Waals surface area (Å²) in [6.45, 7) is 9.15. The van der Waals surface area contributed by atoms with Gasteiger partial charge in [-0.05, 0) is 43.5 Å². The maximum atomic E-state index is 5.59. The topological polar surface area (TPSA) is 30.5 Å². The first-order valence-corrected chi connectivity index (χ1v) is 7.67. The van der Waals surface area contributed by atoms with E-state index in [1.54, 1.807) is 7.11 Å². The van der Waals surface area contributed by atoms with Gasteiger partial charge in [-0.15, -0.1) is 0 Å². The molecule has 114 valence electrons. The SMILES string of the molecule is CCOc1cc(CNCCCCC(C)C)ccc1OC. The molecule has 0 aliphatic rings. The lowest BCUT2D eigenvalue weighted by Crippen LogP contribution is -2.15. The molecule has 20 heavy (non-hydrogen) atoms. The Bertz CT molecular complexity index is 377. The van der Waals surface area contributed by atoms with Gasteiger partial charge in [-0.25, -0.2) is 0 Å². The predicted molar refractivity (Wildman–Crippen MR) is 84.6 cm³/mol. The van der Waals surface area contributed by atoms with Gasteiger partial charge < -0.3 is 14.8 Å². The Kier molecular flexibility index (Phi) is 8.12. The van der Waals surface area contributed by atoms with Gasteiger partial charge in [0.05, 0.1) is 13.7 Å². The van der Waals surface area contributed by atoms with Gasteiger partial charge in [0.1, 0.15) is 0 Å². The molecule has 1 N–H and O–H groups in total. The van der Waals surface area contributed by atoms with E-state index in [0.29, 0.717) is 6.61 Å². The molecule has 1 aromatic carbocycles. The summed E-state index contributed by atoms with van der Waals surface area (Å²) >= 11 is 0. The van der Waals surface area contributed by atoms with Crippen molar-refractivity contribution >= 4 is 0 Å². The molecule has 0 aliphatic heterocycles. The first-order valence-electron chi connectivity index (χ1n) is 7.67. The summed E-state index contributed by atoms with van der Waals surface area (Å²) in [6, 6.07) is 6.12. The van der Waals surface area contributed by atoms with Crippen LogP contribution in [0.2, 0.25) is 0 Å². The zero-order valence-electron chi connectivity index (χ0n) is 13.4. The number of hydrogen-bond acceptors (Lipinski definition) is 3. The van der Waals surface area contributed by atoms with E-state index in [0.717, 1.165) is 30.5 Å². The smallest absolute Gasteiger partial charge is 0.161 e.